The summed E-state index contributed by atoms with van der Waals surface area (Å²) in [5.41, 5.74) is 1.16. The van der Waals surface area contributed by atoms with Crippen LogP contribution >= 0.6 is 24.0 Å². The molecule has 2 atom stereocenters. The Hall–Kier alpha value is -1.26. The van der Waals surface area contributed by atoms with Gasteiger partial charge in [-0.15, -0.1) is 24.0 Å². The van der Waals surface area contributed by atoms with Gasteiger partial charge in [0, 0.05) is 51.9 Å². The van der Waals surface area contributed by atoms with Crippen LogP contribution in [0.4, 0.5) is 5.69 Å². The SMILES string of the molecule is CN=C(NCC(CC(C)C)N1CCOCC1)NC1CCN(c2ccccc2OC)C1.I. The van der Waals surface area contributed by atoms with Gasteiger partial charge in [-0.1, -0.05) is 26.0 Å². The van der Waals surface area contributed by atoms with Gasteiger partial charge >= 0.3 is 0 Å². The number of benzene rings is 1. The van der Waals surface area contributed by atoms with E-state index in [9.17, 15) is 0 Å². The molecule has 2 fully saturated rings. The first-order valence-electron chi connectivity index (χ1n) is 11.3. The minimum atomic E-state index is 0. The molecule has 0 spiro atoms. The Balaban J connectivity index is 0.00000341. The number of nitrogens with one attached hydrogen (secondary N) is 2. The number of morpholine rings is 1. The van der Waals surface area contributed by atoms with Crippen LogP contribution in [0.3, 0.4) is 0 Å². The number of ether oxygens (including phenoxy) is 2. The number of methoxy groups -OCH3 is 1. The number of para-hydroxylation sites is 2. The van der Waals surface area contributed by atoms with Crippen molar-refractivity contribution in [2.24, 2.45) is 10.9 Å². The lowest BCUT2D eigenvalue weighted by Crippen LogP contribution is -2.52. The molecule has 7 nitrogen and oxygen atoms in total. The van der Waals surface area contributed by atoms with Crippen LogP contribution in [-0.2, 0) is 4.74 Å². The highest BCUT2D eigenvalue weighted by atomic mass is 127. The third-order valence-corrected chi connectivity index (χ3v) is 5.99. The van der Waals surface area contributed by atoms with Crippen molar-refractivity contribution in [1.82, 2.24) is 15.5 Å². The lowest BCUT2D eigenvalue weighted by molar-refractivity contribution is 0.0132. The molecular formula is C23H40IN5O2. The van der Waals surface area contributed by atoms with Crippen molar-refractivity contribution in [1.29, 1.82) is 0 Å². The molecule has 2 unspecified atom stereocenters. The fourth-order valence-electron chi connectivity index (χ4n) is 4.44. The molecule has 0 amide bonds. The number of nitrogens with zero attached hydrogens (tertiary/aromatic N) is 3. The lowest BCUT2D eigenvalue weighted by atomic mass is 10.0. The van der Waals surface area contributed by atoms with Gasteiger partial charge < -0.3 is 25.0 Å². The fourth-order valence-corrected chi connectivity index (χ4v) is 4.44. The van der Waals surface area contributed by atoms with Gasteiger partial charge in [0.2, 0.25) is 0 Å². The summed E-state index contributed by atoms with van der Waals surface area (Å²) in [6.45, 7) is 11.2. The van der Waals surface area contributed by atoms with Gasteiger partial charge in [-0.25, -0.2) is 0 Å². The maximum absolute atomic E-state index is 5.54. The van der Waals surface area contributed by atoms with Crippen LogP contribution < -0.4 is 20.3 Å². The molecule has 0 aliphatic carbocycles. The van der Waals surface area contributed by atoms with Crippen LogP contribution in [0, 0.1) is 5.92 Å². The predicted octanol–water partition coefficient (Wildman–Crippen LogP) is 2.80. The molecule has 0 bridgehead atoms. The fraction of sp³-hybridized carbons (Fsp3) is 0.696. The zero-order valence-corrected chi connectivity index (χ0v) is 21.8. The zero-order chi connectivity index (χ0) is 21.3. The molecule has 176 valence electrons. The van der Waals surface area contributed by atoms with E-state index in [1.807, 2.05) is 19.2 Å². The number of halogens is 1. The molecular weight excluding hydrogens is 505 g/mol. The van der Waals surface area contributed by atoms with Crippen molar-refractivity contribution in [2.75, 3.05) is 65.0 Å². The molecule has 31 heavy (non-hydrogen) atoms. The molecule has 1 aromatic carbocycles. The third kappa shape index (κ3) is 7.68. The average molecular weight is 546 g/mol. The van der Waals surface area contributed by atoms with E-state index >= 15 is 0 Å². The molecule has 2 saturated heterocycles. The first-order valence-corrected chi connectivity index (χ1v) is 11.3. The van der Waals surface area contributed by atoms with Gasteiger partial charge in [-0.05, 0) is 30.9 Å². The molecule has 2 N–H and O–H groups in total. The lowest BCUT2D eigenvalue weighted by Gasteiger charge is -2.36. The molecule has 0 radical (unpaired) electrons. The largest absolute Gasteiger partial charge is 0.495 e. The number of rotatable bonds is 8. The van der Waals surface area contributed by atoms with Crippen LogP contribution in [0.2, 0.25) is 0 Å². The molecule has 1 aromatic rings. The number of aliphatic imine (C=N–C) groups is 1. The van der Waals surface area contributed by atoms with Gasteiger partial charge in [0.1, 0.15) is 5.75 Å². The number of guanidine groups is 1. The normalized spacial score (nSPS) is 21.0. The molecule has 0 aromatic heterocycles. The zero-order valence-electron chi connectivity index (χ0n) is 19.5. The predicted molar refractivity (Wildman–Crippen MR) is 139 cm³/mol. The quantitative estimate of drug-likeness (QED) is 0.298. The first-order chi connectivity index (χ1) is 14.6. The highest BCUT2D eigenvalue weighted by Crippen LogP contribution is 2.30. The van der Waals surface area contributed by atoms with E-state index < -0.39 is 0 Å². The smallest absolute Gasteiger partial charge is 0.191 e. The van der Waals surface area contributed by atoms with E-state index in [0.29, 0.717) is 18.0 Å². The van der Waals surface area contributed by atoms with Gasteiger partial charge in [-0.2, -0.15) is 0 Å². The van der Waals surface area contributed by atoms with Crippen molar-refractivity contribution >= 4 is 35.6 Å². The topological polar surface area (TPSA) is 61.4 Å². The summed E-state index contributed by atoms with van der Waals surface area (Å²) >= 11 is 0. The monoisotopic (exact) mass is 545 g/mol. The van der Waals surface area contributed by atoms with Gasteiger partial charge in [0.25, 0.3) is 0 Å². The van der Waals surface area contributed by atoms with Crippen LogP contribution in [-0.4, -0.2) is 83.0 Å². The van der Waals surface area contributed by atoms with Gasteiger partial charge in [0.05, 0.1) is 26.0 Å². The maximum atomic E-state index is 5.54. The summed E-state index contributed by atoms with van der Waals surface area (Å²) < 4.78 is 11.1. The molecule has 8 heteroatoms. The summed E-state index contributed by atoms with van der Waals surface area (Å²) in [5.74, 6) is 2.49. The van der Waals surface area contributed by atoms with Gasteiger partial charge in [0.15, 0.2) is 5.96 Å². The van der Waals surface area contributed by atoms with Crippen molar-refractivity contribution < 1.29 is 9.47 Å². The summed E-state index contributed by atoms with van der Waals surface area (Å²) in [6.07, 6.45) is 2.26. The van der Waals surface area contributed by atoms with E-state index in [0.717, 1.165) is 69.8 Å². The standard InChI is InChI=1S/C23H39N5O2.HI/c1-18(2)15-20(27-11-13-30-14-12-27)16-25-23(24-3)26-19-9-10-28(17-19)21-7-5-6-8-22(21)29-4;/h5-8,18-20H,9-17H2,1-4H3,(H2,24,25,26);1H. The minimum absolute atomic E-state index is 0. The summed E-state index contributed by atoms with van der Waals surface area (Å²) in [5, 5.41) is 7.22. The average Bonchev–Trinajstić information content (AvgIpc) is 3.24. The van der Waals surface area contributed by atoms with E-state index in [4.69, 9.17) is 9.47 Å². The Kier molecular flexibility index (Phi) is 11.2. The summed E-state index contributed by atoms with van der Waals surface area (Å²) in [7, 11) is 3.59. The number of hydrogen-bond donors (Lipinski definition) is 2. The first kappa shape index (κ1) is 26.0. The Morgan fingerprint density at radius 3 is 2.65 bits per heavy atom. The van der Waals surface area contributed by atoms with Crippen LogP contribution in [0.1, 0.15) is 26.7 Å². The molecule has 2 aliphatic rings. The van der Waals surface area contributed by atoms with Crippen molar-refractivity contribution in [3.05, 3.63) is 24.3 Å². The number of anilines is 1. The second-order valence-electron chi connectivity index (χ2n) is 8.63. The Morgan fingerprint density at radius 2 is 1.97 bits per heavy atom. The second kappa shape index (κ2) is 13.3. The third-order valence-electron chi connectivity index (χ3n) is 5.99. The highest BCUT2D eigenvalue weighted by Gasteiger charge is 2.26. The minimum Gasteiger partial charge on any atom is -0.495 e. The highest BCUT2D eigenvalue weighted by molar-refractivity contribution is 14.0. The molecule has 2 aliphatic heterocycles. The van der Waals surface area contributed by atoms with E-state index in [1.165, 1.54) is 6.42 Å². The Bertz CT molecular complexity index is 682. The summed E-state index contributed by atoms with van der Waals surface area (Å²) in [6, 6.07) is 9.11. The summed E-state index contributed by atoms with van der Waals surface area (Å²) in [4.78, 5) is 9.43. The maximum Gasteiger partial charge on any atom is 0.191 e. The van der Waals surface area contributed by atoms with Crippen LogP contribution in [0.15, 0.2) is 29.3 Å². The van der Waals surface area contributed by atoms with Crippen LogP contribution in [0.5, 0.6) is 5.75 Å². The van der Waals surface area contributed by atoms with Crippen molar-refractivity contribution in [2.45, 2.75) is 38.8 Å². The van der Waals surface area contributed by atoms with E-state index in [1.54, 1.807) is 7.11 Å². The van der Waals surface area contributed by atoms with Crippen LogP contribution in [0.25, 0.3) is 0 Å². The van der Waals surface area contributed by atoms with Gasteiger partial charge in [-0.3, -0.25) is 9.89 Å². The second-order valence-corrected chi connectivity index (χ2v) is 8.63. The Morgan fingerprint density at radius 1 is 1.23 bits per heavy atom. The molecule has 0 saturated carbocycles. The van der Waals surface area contributed by atoms with E-state index in [-0.39, 0.29) is 24.0 Å². The number of hydrogen-bond acceptors (Lipinski definition) is 5. The van der Waals surface area contributed by atoms with E-state index in [2.05, 4.69) is 51.4 Å². The molecule has 2 heterocycles. The van der Waals surface area contributed by atoms with Crippen molar-refractivity contribution in [3.8, 4) is 5.75 Å². The molecule has 3 rings (SSSR count). The van der Waals surface area contributed by atoms with Crippen molar-refractivity contribution in [3.63, 3.8) is 0 Å². The Labute approximate surface area is 205 Å².